The molecule has 0 amide bonds. The number of rotatable bonds is 7. The maximum atomic E-state index is 11.0. The average Bonchev–Trinajstić information content (AvgIpc) is 2.63. The number of aliphatic hydroxyl groups excluding tert-OH is 1. The Kier molecular flexibility index (Phi) is 6.14. The Bertz CT molecular complexity index is 736. The van der Waals surface area contributed by atoms with Gasteiger partial charge >= 0.3 is 0 Å². The van der Waals surface area contributed by atoms with E-state index in [1.54, 1.807) is 0 Å². The van der Waals surface area contributed by atoms with Crippen molar-refractivity contribution < 1.29 is 16.4 Å². The molecule has 3 rings (SSSR count). The van der Waals surface area contributed by atoms with Crippen LogP contribution in [0.5, 0.6) is 11.5 Å². The molecule has 2 unspecified atom stereocenters. The molecule has 28 heavy (non-hydrogen) atoms. The fourth-order valence-electron chi connectivity index (χ4n) is 5.12. The van der Waals surface area contributed by atoms with Crippen molar-refractivity contribution in [3.05, 3.63) is 34.9 Å². The Hall–Kier alpha value is -1.48. The monoisotopic (exact) mass is 388 g/mol. The van der Waals surface area contributed by atoms with Gasteiger partial charge in [0.25, 0.3) is 0 Å². The fourth-order valence-corrected chi connectivity index (χ4v) is 5.12. The fraction of sp³-hybridized carbons (Fsp3) is 0.680. The second-order valence-corrected chi connectivity index (χ2v) is 9.98. The van der Waals surface area contributed by atoms with Gasteiger partial charge in [-0.3, -0.25) is 0 Å². The zero-order chi connectivity index (χ0) is 20.5. The number of hydrogen-bond acceptors (Lipinski definition) is 3. The lowest BCUT2D eigenvalue weighted by atomic mass is 9.66. The molecule has 3 heteroatoms. The summed E-state index contributed by atoms with van der Waals surface area (Å²) in [5.41, 5.74) is 2.89. The second kappa shape index (κ2) is 8.10. The first-order chi connectivity index (χ1) is 13.2. The molecule has 0 saturated carbocycles. The summed E-state index contributed by atoms with van der Waals surface area (Å²) in [6.45, 7) is 11.2. The van der Waals surface area contributed by atoms with Crippen molar-refractivity contribution in [3.63, 3.8) is 0 Å². The van der Waals surface area contributed by atoms with Crippen LogP contribution in [0.25, 0.3) is 0 Å². The molecule has 0 spiro atoms. The predicted molar refractivity (Wildman–Crippen MR) is 117 cm³/mol. The highest BCUT2D eigenvalue weighted by Gasteiger charge is 2.46. The van der Waals surface area contributed by atoms with Gasteiger partial charge in [0.05, 0.1) is 6.61 Å². The summed E-state index contributed by atoms with van der Waals surface area (Å²) in [5, 5.41) is 20.7. The summed E-state index contributed by atoms with van der Waals surface area (Å²) in [6.07, 6.45) is 9.95. The van der Waals surface area contributed by atoms with Gasteiger partial charge in [-0.05, 0) is 61.8 Å². The van der Waals surface area contributed by atoms with Gasteiger partial charge in [0.15, 0.2) is 0 Å². The minimum atomic E-state index is -0.286. The number of allylic oxidation sites excluding steroid dienone is 1. The van der Waals surface area contributed by atoms with Crippen LogP contribution in [0.4, 0.5) is 0 Å². The quantitative estimate of drug-likeness (QED) is 0.416. The Morgan fingerprint density at radius 2 is 1.96 bits per heavy atom. The van der Waals surface area contributed by atoms with E-state index in [0.29, 0.717) is 11.7 Å². The van der Waals surface area contributed by atoms with Gasteiger partial charge in [0.1, 0.15) is 17.1 Å². The van der Waals surface area contributed by atoms with Gasteiger partial charge in [-0.25, -0.2) is 0 Å². The molecule has 0 aromatic heterocycles. The van der Waals surface area contributed by atoms with Crippen molar-refractivity contribution in [2.45, 2.75) is 96.5 Å². The van der Waals surface area contributed by atoms with Crippen molar-refractivity contribution in [1.82, 2.24) is 0 Å². The van der Waals surface area contributed by atoms with Crippen LogP contribution in [0, 0.1) is 5.92 Å². The van der Waals surface area contributed by atoms with Crippen LogP contribution in [0.2, 0.25) is 0 Å². The Morgan fingerprint density at radius 1 is 1.21 bits per heavy atom. The largest absolute Gasteiger partial charge is 0.508 e. The molecular formula is C25H40O3. The third-order valence-corrected chi connectivity index (χ3v) is 7.03. The van der Waals surface area contributed by atoms with E-state index >= 15 is 0 Å². The van der Waals surface area contributed by atoms with Gasteiger partial charge in [-0.15, -0.1) is 0 Å². The molecule has 0 radical (unpaired) electrons. The van der Waals surface area contributed by atoms with Crippen molar-refractivity contribution in [1.29, 1.82) is 0 Å². The van der Waals surface area contributed by atoms with Crippen LogP contribution < -0.4 is 4.74 Å². The highest BCUT2D eigenvalue weighted by Crippen LogP contribution is 2.54. The molecule has 1 aromatic rings. The number of aliphatic hydroxyl groups is 1. The van der Waals surface area contributed by atoms with Crippen LogP contribution in [-0.2, 0) is 5.41 Å². The molecule has 0 fully saturated rings. The lowest BCUT2D eigenvalue weighted by Crippen LogP contribution is -2.45. The molecule has 1 heterocycles. The molecule has 1 aromatic carbocycles. The van der Waals surface area contributed by atoms with Crippen LogP contribution in [0.3, 0.4) is 0 Å². The molecule has 0 bridgehead atoms. The van der Waals surface area contributed by atoms with E-state index in [-0.39, 0.29) is 25.0 Å². The molecular weight excluding hydrogens is 348 g/mol. The van der Waals surface area contributed by atoms with Crippen molar-refractivity contribution in [2.75, 3.05) is 6.61 Å². The zero-order valence-corrected chi connectivity index (χ0v) is 18.3. The van der Waals surface area contributed by atoms with Crippen molar-refractivity contribution >= 4 is 0 Å². The van der Waals surface area contributed by atoms with Crippen LogP contribution in [0.15, 0.2) is 23.8 Å². The summed E-state index contributed by atoms with van der Waals surface area (Å²) in [7, 11) is 0. The van der Waals surface area contributed by atoms with E-state index < -0.39 is 0 Å². The molecule has 158 valence electrons. The summed E-state index contributed by atoms with van der Waals surface area (Å²) in [4.78, 5) is 0. The highest BCUT2D eigenvalue weighted by atomic mass is 16.5. The number of benzene rings is 1. The molecule has 2 N–H and O–H groups in total. The normalized spacial score (nSPS) is 23.4. The number of aromatic hydroxyl groups is 1. The van der Waals surface area contributed by atoms with Crippen molar-refractivity contribution in [3.8, 4) is 11.5 Å². The number of unbranched alkanes of at least 4 members (excludes halogenated alkanes) is 3. The van der Waals surface area contributed by atoms with Crippen LogP contribution in [-0.4, -0.2) is 22.4 Å². The van der Waals surface area contributed by atoms with E-state index in [9.17, 15) is 10.2 Å². The van der Waals surface area contributed by atoms with Crippen LogP contribution >= 0.6 is 0 Å². The van der Waals surface area contributed by atoms with E-state index in [4.69, 9.17) is 4.74 Å². The molecule has 0 saturated heterocycles. The summed E-state index contributed by atoms with van der Waals surface area (Å²) in [5.74, 6) is 1.71. The first-order valence-corrected chi connectivity index (χ1v) is 11.0. The second-order valence-electron chi connectivity index (χ2n) is 9.98. The number of phenolic OH excluding ortho intramolecular Hbond substituents is 1. The number of ether oxygens (including phenoxy) is 1. The lowest BCUT2D eigenvalue weighted by Gasteiger charge is -2.47. The number of hydrogen-bond donors (Lipinski definition) is 2. The standard InChI is InChI=1S/C25H38O3.H2/c1-6-7-8-9-12-24(2,3)18-14-21(27)23-19-13-17(16-26)10-11-20(19)25(4,5)28-22(23)15-18;/h10,14-15,19-20,26-27H,6-9,11-13,16H2,1-5H3;1H. The van der Waals surface area contributed by atoms with E-state index in [0.717, 1.165) is 41.7 Å². The molecule has 1 aliphatic heterocycles. The van der Waals surface area contributed by atoms with Gasteiger partial charge in [-0.1, -0.05) is 52.5 Å². The Balaban J connectivity index is 0.00000300. The summed E-state index contributed by atoms with van der Waals surface area (Å²) in [6, 6.07) is 4.14. The summed E-state index contributed by atoms with van der Waals surface area (Å²) >= 11 is 0. The highest BCUT2D eigenvalue weighted by molar-refractivity contribution is 5.54. The minimum absolute atomic E-state index is 0. The average molecular weight is 389 g/mol. The molecule has 2 atom stereocenters. The first kappa shape index (κ1) is 21.2. The third kappa shape index (κ3) is 4.10. The Labute approximate surface area is 172 Å². The third-order valence-electron chi connectivity index (χ3n) is 7.03. The van der Waals surface area contributed by atoms with Gasteiger partial charge in [0, 0.05) is 18.8 Å². The number of fused-ring (bicyclic) bond motifs is 3. The van der Waals surface area contributed by atoms with Gasteiger partial charge < -0.3 is 14.9 Å². The van der Waals surface area contributed by atoms with Gasteiger partial charge in [0.2, 0.25) is 0 Å². The van der Waals surface area contributed by atoms with E-state index in [1.807, 2.05) is 6.07 Å². The predicted octanol–water partition coefficient (Wildman–Crippen LogP) is 6.47. The van der Waals surface area contributed by atoms with Crippen molar-refractivity contribution in [2.24, 2.45) is 5.92 Å². The lowest BCUT2D eigenvalue weighted by molar-refractivity contribution is 0.00662. The number of phenols is 1. The smallest absolute Gasteiger partial charge is 0.127 e. The van der Waals surface area contributed by atoms with E-state index in [1.165, 1.54) is 25.7 Å². The van der Waals surface area contributed by atoms with Crippen LogP contribution in [0.1, 0.15) is 98.0 Å². The van der Waals surface area contributed by atoms with E-state index in [2.05, 4.69) is 46.8 Å². The maximum Gasteiger partial charge on any atom is 0.127 e. The first-order valence-electron chi connectivity index (χ1n) is 11.0. The molecule has 3 nitrogen and oxygen atoms in total. The molecule has 1 aliphatic carbocycles. The summed E-state index contributed by atoms with van der Waals surface area (Å²) < 4.78 is 6.47. The topological polar surface area (TPSA) is 49.7 Å². The maximum absolute atomic E-state index is 11.0. The molecule has 2 aliphatic rings. The SMILES string of the molecule is CCCCCCC(C)(C)c1cc(O)c2c(c1)OC(C)(C)C1CC=C(CO)CC21.[HH]. The Morgan fingerprint density at radius 3 is 2.64 bits per heavy atom. The zero-order valence-electron chi connectivity index (χ0n) is 18.3. The minimum Gasteiger partial charge on any atom is -0.508 e. The van der Waals surface area contributed by atoms with Gasteiger partial charge in [-0.2, -0.15) is 0 Å².